The second-order valence-corrected chi connectivity index (χ2v) is 7.08. The summed E-state index contributed by atoms with van der Waals surface area (Å²) in [5, 5.41) is 11.7. The number of hydrazine groups is 1. The van der Waals surface area contributed by atoms with Crippen molar-refractivity contribution in [2.75, 3.05) is 31.0 Å². The Labute approximate surface area is 150 Å². The van der Waals surface area contributed by atoms with E-state index in [1.54, 1.807) is 0 Å². The number of carbonyl (C=O) groups is 1. The van der Waals surface area contributed by atoms with Gasteiger partial charge in [-0.2, -0.15) is 0 Å². The summed E-state index contributed by atoms with van der Waals surface area (Å²) in [4.78, 5) is 12.4. The Morgan fingerprint density at radius 1 is 1.28 bits per heavy atom. The van der Waals surface area contributed by atoms with Gasteiger partial charge in [0.1, 0.15) is 0 Å². The van der Waals surface area contributed by atoms with Gasteiger partial charge in [0.15, 0.2) is 0 Å². The number of likely N-dealkylation sites (N-methyl/N-ethyl adjacent to an activating group) is 2. The van der Waals surface area contributed by atoms with Gasteiger partial charge in [-0.15, -0.1) is 0 Å². The summed E-state index contributed by atoms with van der Waals surface area (Å²) < 4.78 is 0. The number of hydrogen-bond donors (Lipinski definition) is 4. The molecule has 0 saturated heterocycles. The first-order chi connectivity index (χ1) is 12.1. The van der Waals surface area contributed by atoms with Gasteiger partial charge < -0.3 is 15.6 Å². The third-order valence-corrected chi connectivity index (χ3v) is 5.33. The van der Waals surface area contributed by atoms with Crippen molar-refractivity contribution in [1.82, 2.24) is 16.1 Å². The Kier molecular flexibility index (Phi) is 5.81. The Hall–Kier alpha value is -1.79. The average Bonchev–Trinajstić information content (AvgIpc) is 3.00. The highest BCUT2D eigenvalue weighted by Crippen LogP contribution is 2.37. The number of rotatable bonds is 6. The van der Waals surface area contributed by atoms with E-state index in [1.807, 2.05) is 14.0 Å². The fourth-order valence-corrected chi connectivity index (χ4v) is 3.98. The first-order valence-electron chi connectivity index (χ1n) is 9.49. The molecule has 1 fully saturated rings. The SMILES string of the molecule is CCNC(=O)C1c2ccc(N(C)NC3CCCCC3)cc2NC1NC. The molecule has 0 aromatic heterocycles. The van der Waals surface area contributed by atoms with E-state index in [-0.39, 0.29) is 18.0 Å². The fourth-order valence-electron chi connectivity index (χ4n) is 3.98. The van der Waals surface area contributed by atoms with Gasteiger partial charge in [0.2, 0.25) is 5.91 Å². The van der Waals surface area contributed by atoms with Crippen molar-refractivity contribution in [1.29, 1.82) is 0 Å². The van der Waals surface area contributed by atoms with Crippen molar-refractivity contribution < 1.29 is 4.79 Å². The van der Waals surface area contributed by atoms with E-state index in [0.717, 1.165) is 16.9 Å². The van der Waals surface area contributed by atoms with E-state index in [1.165, 1.54) is 32.1 Å². The van der Waals surface area contributed by atoms with Crippen molar-refractivity contribution in [2.24, 2.45) is 0 Å². The fraction of sp³-hybridized carbons (Fsp3) is 0.632. The predicted molar refractivity (Wildman–Crippen MR) is 103 cm³/mol. The maximum atomic E-state index is 12.4. The van der Waals surface area contributed by atoms with Crippen molar-refractivity contribution in [2.45, 2.75) is 57.2 Å². The highest BCUT2D eigenvalue weighted by molar-refractivity contribution is 5.89. The molecule has 2 atom stereocenters. The molecule has 0 bridgehead atoms. The highest BCUT2D eigenvalue weighted by atomic mass is 16.2. The van der Waals surface area contributed by atoms with Gasteiger partial charge in [-0.3, -0.25) is 10.1 Å². The molecule has 25 heavy (non-hydrogen) atoms. The van der Waals surface area contributed by atoms with E-state index >= 15 is 0 Å². The van der Waals surface area contributed by atoms with Crippen molar-refractivity contribution >= 4 is 17.3 Å². The van der Waals surface area contributed by atoms with Gasteiger partial charge in [0.05, 0.1) is 17.8 Å². The summed E-state index contributed by atoms with van der Waals surface area (Å²) in [6.07, 6.45) is 6.40. The molecule has 0 spiro atoms. The summed E-state index contributed by atoms with van der Waals surface area (Å²) >= 11 is 0. The van der Waals surface area contributed by atoms with Crippen molar-refractivity contribution in [3.63, 3.8) is 0 Å². The monoisotopic (exact) mass is 345 g/mol. The van der Waals surface area contributed by atoms with Crippen LogP contribution in [0.3, 0.4) is 0 Å². The molecule has 2 unspecified atom stereocenters. The van der Waals surface area contributed by atoms with Gasteiger partial charge in [0.25, 0.3) is 0 Å². The van der Waals surface area contributed by atoms with Gasteiger partial charge in [-0.1, -0.05) is 25.3 Å². The van der Waals surface area contributed by atoms with E-state index in [4.69, 9.17) is 0 Å². The molecule has 1 aromatic carbocycles. The molecule has 1 heterocycles. The molecule has 138 valence electrons. The van der Waals surface area contributed by atoms with Gasteiger partial charge >= 0.3 is 0 Å². The van der Waals surface area contributed by atoms with Crippen LogP contribution < -0.4 is 26.4 Å². The standard InChI is InChI=1S/C19H31N5O/c1-4-21-19(25)17-15-11-10-14(12-16(15)22-18(17)20-2)24(3)23-13-8-6-5-7-9-13/h10-13,17-18,20,22-23H,4-9H2,1-3H3,(H,21,25). The van der Waals surface area contributed by atoms with Crippen molar-refractivity contribution in [3.05, 3.63) is 23.8 Å². The number of nitrogens with zero attached hydrogens (tertiary/aromatic N) is 1. The van der Waals surface area contributed by atoms with Crippen LogP contribution in [-0.4, -0.2) is 38.8 Å². The first-order valence-corrected chi connectivity index (χ1v) is 9.49. The lowest BCUT2D eigenvalue weighted by molar-refractivity contribution is -0.122. The molecule has 6 heteroatoms. The highest BCUT2D eigenvalue weighted by Gasteiger charge is 2.36. The molecule has 0 radical (unpaired) electrons. The van der Waals surface area contributed by atoms with Crippen LogP contribution in [0.2, 0.25) is 0 Å². The van der Waals surface area contributed by atoms with E-state index < -0.39 is 0 Å². The maximum absolute atomic E-state index is 12.4. The Morgan fingerprint density at radius 3 is 2.72 bits per heavy atom. The molecule has 1 aromatic rings. The zero-order valence-electron chi connectivity index (χ0n) is 15.6. The molecular weight excluding hydrogens is 314 g/mol. The summed E-state index contributed by atoms with van der Waals surface area (Å²) in [5.74, 6) is -0.139. The van der Waals surface area contributed by atoms with E-state index in [2.05, 4.69) is 51.6 Å². The number of amides is 1. The number of benzene rings is 1. The van der Waals surface area contributed by atoms with Crippen LogP contribution in [0, 0.1) is 0 Å². The number of fused-ring (bicyclic) bond motifs is 1. The minimum atomic E-state index is -0.203. The summed E-state index contributed by atoms with van der Waals surface area (Å²) in [5.41, 5.74) is 6.82. The molecule has 1 amide bonds. The third-order valence-electron chi connectivity index (χ3n) is 5.33. The zero-order chi connectivity index (χ0) is 17.8. The predicted octanol–water partition coefficient (Wildman–Crippen LogP) is 2.15. The summed E-state index contributed by atoms with van der Waals surface area (Å²) in [7, 11) is 3.95. The molecule has 4 N–H and O–H groups in total. The van der Waals surface area contributed by atoms with Gasteiger partial charge in [-0.25, -0.2) is 5.43 Å². The number of carbonyl (C=O) groups excluding carboxylic acids is 1. The Balaban J connectivity index is 1.74. The largest absolute Gasteiger partial charge is 0.368 e. The van der Waals surface area contributed by atoms with Crippen LogP contribution in [0.15, 0.2) is 18.2 Å². The second-order valence-electron chi connectivity index (χ2n) is 7.08. The third kappa shape index (κ3) is 3.90. The lowest BCUT2D eigenvalue weighted by atomic mass is 9.96. The molecular formula is C19H31N5O. The first kappa shape index (κ1) is 18.0. The maximum Gasteiger partial charge on any atom is 0.231 e. The quantitative estimate of drug-likeness (QED) is 0.595. The van der Waals surface area contributed by atoms with Crippen LogP contribution in [0.5, 0.6) is 0 Å². The number of hydrogen-bond acceptors (Lipinski definition) is 5. The van der Waals surface area contributed by atoms with Crippen LogP contribution >= 0.6 is 0 Å². The average molecular weight is 345 g/mol. The Bertz CT molecular complexity index is 599. The lowest BCUT2D eigenvalue weighted by Gasteiger charge is -2.30. The summed E-state index contributed by atoms with van der Waals surface area (Å²) in [6, 6.07) is 6.87. The summed E-state index contributed by atoms with van der Waals surface area (Å²) in [6.45, 7) is 2.60. The van der Waals surface area contributed by atoms with Gasteiger partial charge in [-0.05, 0) is 44.5 Å². The van der Waals surface area contributed by atoms with Crippen LogP contribution in [0.1, 0.15) is 50.5 Å². The lowest BCUT2D eigenvalue weighted by Crippen LogP contribution is -2.43. The molecule has 3 rings (SSSR count). The van der Waals surface area contributed by atoms with E-state index in [9.17, 15) is 4.79 Å². The minimum absolute atomic E-state index is 0.0644. The number of anilines is 2. The van der Waals surface area contributed by atoms with Crippen molar-refractivity contribution in [3.8, 4) is 0 Å². The normalized spacial score (nSPS) is 23.0. The molecule has 1 saturated carbocycles. The molecule has 1 aliphatic carbocycles. The topological polar surface area (TPSA) is 68.4 Å². The van der Waals surface area contributed by atoms with Gasteiger partial charge in [0, 0.05) is 25.3 Å². The second kappa shape index (κ2) is 8.06. The molecule has 6 nitrogen and oxygen atoms in total. The minimum Gasteiger partial charge on any atom is -0.368 e. The van der Waals surface area contributed by atoms with E-state index in [0.29, 0.717) is 12.6 Å². The Morgan fingerprint density at radius 2 is 2.04 bits per heavy atom. The van der Waals surface area contributed by atoms with Crippen LogP contribution in [0.4, 0.5) is 11.4 Å². The van der Waals surface area contributed by atoms with Crippen LogP contribution in [-0.2, 0) is 4.79 Å². The van der Waals surface area contributed by atoms with Crippen LogP contribution in [0.25, 0.3) is 0 Å². The smallest absolute Gasteiger partial charge is 0.231 e. The molecule has 1 aliphatic heterocycles. The zero-order valence-corrected chi connectivity index (χ0v) is 15.6. The molecule has 2 aliphatic rings. The number of nitrogens with one attached hydrogen (secondary N) is 4.